The third kappa shape index (κ3) is 3.72. The lowest BCUT2D eigenvalue weighted by molar-refractivity contribution is -0.122. The maximum absolute atomic E-state index is 14.2. The van der Waals surface area contributed by atoms with Crippen molar-refractivity contribution < 1.29 is 17.6 Å². The molecule has 0 bridgehead atoms. The molecule has 1 saturated heterocycles. The van der Waals surface area contributed by atoms with E-state index < -0.39 is 27.7 Å². The van der Waals surface area contributed by atoms with Crippen molar-refractivity contribution in [3.8, 4) is 12.3 Å². The summed E-state index contributed by atoms with van der Waals surface area (Å²) in [6.45, 7) is 0.622. The molecule has 1 aromatic heterocycles. The minimum Gasteiger partial charge on any atom is -0.302 e. The number of fused-ring (bicyclic) bond motifs is 1. The number of para-hydroxylation sites is 1. The van der Waals surface area contributed by atoms with Crippen molar-refractivity contribution in [3.05, 3.63) is 28.8 Å². The Kier molecular flexibility index (Phi) is 5.27. The van der Waals surface area contributed by atoms with Crippen LogP contribution in [0.4, 0.5) is 4.39 Å². The van der Waals surface area contributed by atoms with Gasteiger partial charge >= 0.3 is 0 Å². The van der Waals surface area contributed by atoms with Gasteiger partial charge in [-0.15, -0.1) is 6.42 Å². The molecule has 1 unspecified atom stereocenters. The van der Waals surface area contributed by atoms with Crippen molar-refractivity contribution >= 4 is 37.5 Å². The SMILES string of the molecule is C#CCn1c(=NC(=O)C2CCCN(S(C)(=O)=O)C2)sc2cccc(F)c21. The van der Waals surface area contributed by atoms with Gasteiger partial charge in [-0.25, -0.2) is 17.1 Å². The third-order valence-corrected chi connectivity index (χ3v) is 6.62. The number of hydrogen-bond acceptors (Lipinski definition) is 4. The van der Waals surface area contributed by atoms with Crippen molar-refractivity contribution in [2.45, 2.75) is 19.4 Å². The molecule has 0 spiro atoms. The van der Waals surface area contributed by atoms with Gasteiger partial charge in [0.15, 0.2) is 4.80 Å². The number of amides is 1. The Bertz CT molecular complexity index is 1060. The second kappa shape index (κ2) is 7.31. The van der Waals surface area contributed by atoms with Crippen LogP contribution in [0.25, 0.3) is 10.2 Å². The summed E-state index contributed by atoms with van der Waals surface area (Å²) >= 11 is 1.18. The standard InChI is InChI=1S/C17H18FN3O3S2/c1-3-9-21-15-13(18)7-4-8-14(15)25-17(21)19-16(22)12-6-5-10-20(11-12)26(2,23)24/h1,4,7-8,12H,5-6,9-11H2,2H3. The van der Waals surface area contributed by atoms with Crippen molar-refractivity contribution in [1.82, 2.24) is 8.87 Å². The Morgan fingerprint density at radius 2 is 2.27 bits per heavy atom. The van der Waals surface area contributed by atoms with E-state index in [1.807, 2.05) is 0 Å². The minimum atomic E-state index is -3.35. The molecule has 0 saturated carbocycles. The Labute approximate surface area is 155 Å². The van der Waals surface area contributed by atoms with E-state index in [0.717, 1.165) is 6.26 Å². The van der Waals surface area contributed by atoms with Crippen molar-refractivity contribution in [2.24, 2.45) is 10.9 Å². The highest BCUT2D eigenvalue weighted by atomic mass is 32.2. The maximum Gasteiger partial charge on any atom is 0.252 e. The fourth-order valence-electron chi connectivity index (χ4n) is 3.04. The number of piperidine rings is 1. The lowest BCUT2D eigenvalue weighted by Gasteiger charge is -2.28. The molecule has 9 heteroatoms. The van der Waals surface area contributed by atoms with Gasteiger partial charge in [0.25, 0.3) is 5.91 Å². The zero-order valence-corrected chi connectivity index (χ0v) is 15.8. The Hall–Kier alpha value is -2.02. The molecule has 1 atom stereocenters. The maximum atomic E-state index is 14.2. The number of carbonyl (C=O) groups is 1. The average molecular weight is 395 g/mol. The summed E-state index contributed by atoms with van der Waals surface area (Å²) < 4.78 is 41.1. The lowest BCUT2D eigenvalue weighted by atomic mass is 9.99. The van der Waals surface area contributed by atoms with Crippen LogP contribution in [-0.4, -0.2) is 42.5 Å². The van der Waals surface area contributed by atoms with Gasteiger partial charge in [-0.1, -0.05) is 23.3 Å². The van der Waals surface area contributed by atoms with Crippen LogP contribution in [0.5, 0.6) is 0 Å². The zero-order valence-electron chi connectivity index (χ0n) is 14.2. The smallest absolute Gasteiger partial charge is 0.252 e. The number of hydrogen-bond donors (Lipinski definition) is 0. The summed E-state index contributed by atoms with van der Waals surface area (Å²) in [6.07, 6.45) is 7.69. The predicted octanol–water partition coefficient (Wildman–Crippen LogP) is 1.57. The van der Waals surface area contributed by atoms with E-state index in [2.05, 4.69) is 10.9 Å². The van der Waals surface area contributed by atoms with Crippen LogP contribution in [0.15, 0.2) is 23.2 Å². The van der Waals surface area contributed by atoms with Crippen LogP contribution in [0.3, 0.4) is 0 Å². The Morgan fingerprint density at radius 3 is 2.96 bits per heavy atom. The van der Waals surface area contributed by atoms with E-state index >= 15 is 0 Å². The monoisotopic (exact) mass is 395 g/mol. The first kappa shape index (κ1) is 18.8. The first-order valence-electron chi connectivity index (χ1n) is 8.06. The van der Waals surface area contributed by atoms with Crippen molar-refractivity contribution in [2.75, 3.05) is 19.3 Å². The van der Waals surface area contributed by atoms with E-state index in [1.165, 1.54) is 26.3 Å². The molecule has 1 amide bonds. The second-order valence-corrected chi connectivity index (χ2v) is 9.16. The average Bonchev–Trinajstić information content (AvgIpc) is 2.93. The topological polar surface area (TPSA) is 71.7 Å². The van der Waals surface area contributed by atoms with Crippen molar-refractivity contribution in [3.63, 3.8) is 0 Å². The molecule has 0 N–H and O–H groups in total. The minimum absolute atomic E-state index is 0.0905. The molecule has 6 nitrogen and oxygen atoms in total. The Balaban J connectivity index is 1.99. The van der Waals surface area contributed by atoms with E-state index in [9.17, 15) is 17.6 Å². The summed E-state index contributed by atoms with van der Waals surface area (Å²) in [6, 6.07) is 4.66. The number of benzene rings is 1. The summed E-state index contributed by atoms with van der Waals surface area (Å²) in [7, 11) is -3.35. The van der Waals surface area contributed by atoms with Crippen LogP contribution in [-0.2, 0) is 21.4 Å². The molecule has 1 fully saturated rings. The molecule has 1 aliphatic heterocycles. The van der Waals surface area contributed by atoms with Crippen LogP contribution in [0.2, 0.25) is 0 Å². The molecule has 2 heterocycles. The van der Waals surface area contributed by atoms with Gasteiger partial charge in [0.1, 0.15) is 5.82 Å². The fraction of sp³-hybridized carbons (Fsp3) is 0.412. The second-order valence-electron chi connectivity index (χ2n) is 6.17. The quantitative estimate of drug-likeness (QED) is 0.741. The summed E-state index contributed by atoms with van der Waals surface area (Å²) in [5.41, 5.74) is 0.323. The van der Waals surface area contributed by atoms with Gasteiger partial charge in [0.05, 0.1) is 28.9 Å². The van der Waals surface area contributed by atoms with Crippen molar-refractivity contribution in [1.29, 1.82) is 0 Å². The van der Waals surface area contributed by atoms with Gasteiger partial charge < -0.3 is 4.57 Å². The highest BCUT2D eigenvalue weighted by Crippen LogP contribution is 2.22. The van der Waals surface area contributed by atoms with E-state index in [4.69, 9.17) is 6.42 Å². The number of halogens is 1. The number of terminal acetylenes is 1. The molecule has 3 rings (SSSR count). The molecule has 2 aromatic rings. The molecule has 0 aliphatic carbocycles. The van der Waals surface area contributed by atoms with Gasteiger partial charge in [0, 0.05) is 13.1 Å². The lowest BCUT2D eigenvalue weighted by Crippen LogP contribution is -2.41. The molecule has 0 radical (unpaired) electrons. The largest absolute Gasteiger partial charge is 0.302 e. The first-order chi connectivity index (χ1) is 12.3. The summed E-state index contributed by atoms with van der Waals surface area (Å²) in [5, 5.41) is 0. The van der Waals surface area contributed by atoms with Gasteiger partial charge in [-0.2, -0.15) is 4.99 Å². The number of rotatable bonds is 3. The number of nitrogens with zero attached hydrogens (tertiary/aromatic N) is 3. The molecule has 138 valence electrons. The molecule has 26 heavy (non-hydrogen) atoms. The number of sulfonamides is 1. The summed E-state index contributed by atoms with van der Waals surface area (Å²) in [4.78, 5) is 17.1. The predicted molar refractivity (Wildman–Crippen MR) is 98.3 cm³/mol. The van der Waals surface area contributed by atoms with Crippen LogP contribution >= 0.6 is 11.3 Å². The van der Waals surface area contributed by atoms with Crippen LogP contribution in [0, 0.1) is 24.1 Å². The van der Waals surface area contributed by atoms with Crippen LogP contribution < -0.4 is 4.80 Å². The van der Waals surface area contributed by atoms with Gasteiger partial charge in [-0.05, 0) is 25.0 Å². The number of aromatic nitrogens is 1. The molecular weight excluding hydrogens is 377 g/mol. The van der Waals surface area contributed by atoms with Gasteiger partial charge in [0.2, 0.25) is 10.0 Å². The number of carbonyl (C=O) groups excluding carboxylic acids is 1. The van der Waals surface area contributed by atoms with Gasteiger partial charge in [-0.3, -0.25) is 4.79 Å². The fourth-order valence-corrected chi connectivity index (χ4v) is 5.00. The van der Waals surface area contributed by atoms with Crippen LogP contribution in [0.1, 0.15) is 12.8 Å². The summed E-state index contributed by atoms with van der Waals surface area (Å²) in [5.74, 6) is 1.11. The highest BCUT2D eigenvalue weighted by molar-refractivity contribution is 7.88. The normalized spacial score (nSPS) is 19.6. The highest BCUT2D eigenvalue weighted by Gasteiger charge is 2.30. The molecule has 1 aromatic carbocycles. The van der Waals surface area contributed by atoms with E-state index in [-0.39, 0.29) is 13.1 Å². The molecule has 1 aliphatic rings. The zero-order chi connectivity index (χ0) is 18.9. The molecular formula is C17H18FN3O3S2. The first-order valence-corrected chi connectivity index (χ1v) is 10.7. The number of thiazole rings is 1. The third-order valence-electron chi connectivity index (χ3n) is 4.31. The van der Waals surface area contributed by atoms with E-state index in [0.29, 0.717) is 34.4 Å². The van der Waals surface area contributed by atoms with E-state index in [1.54, 1.807) is 12.1 Å². The Morgan fingerprint density at radius 1 is 1.50 bits per heavy atom.